The first-order valence-corrected chi connectivity index (χ1v) is 28.6. The van der Waals surface area contributed by atoms with Crippen LogP contribution < -0.4 is 5.32 Å². The van der Waals surface area contributed by atoms with E-state index in [1.807, 2.05) is 0 Å². The summed E-state index contributed by atoms with van der Waals surface area (Å²) < 4.78 is 5.46. The Morgan fingerprint density at radius 3 is 1.25 bits per heavy atom. The number of amides is 1. The summed E-state index contributed by atoms with van der Waals surface area (Å²) in [6.07, 6.45) is 64.5. The topological polar surface area (TPSA) is 95.9 Å². The highest BCUT2D eigenvalue weighted by Gasteiger charge is 2.20. The highest BCUT2D eigenvalue weighted by molar-refractivity contribution is 5.76. The highest BCUT2D eigenvalue weighted by atomic mass is 16.5. The van der Waals surface area contributed by atoms with E-state index in [1.165, 1.54) is 225 Å². The number of rotatable bonds is 53. The molecule has 64 heavy (non-hydrogen) atoms. The number of ether oxygens (including phenoxy) is 1. The maximum atomic E-state index is 12.5. The molecule has 0 aromatic carbocycles. The lowest BCUT2D eigenvalue weighted by Gasteiger charge is -2.22. The normalized spacial score (nSPS) is 12.8. The molecule has 6 nitrogen and oxygen atoms in total. The molecule has 0 aliphatic carbocycles. The monoisotopic (exact) mass is 902 g/mol. The van der Waals surface area contributed by atoms with Crippen LogP contribution in [0.15, 0.2) is 24.3 Å². The summed E-state index contributed by atoms with van der Waals surface area (Å²) >= 11 is 0. The molecule has 0 aliphatic heterocycles. The van der Waals surface area contributed by atoms with E-state index in [9.17, 15) is 19.8 Å². The second-order valence-corrected chi connectivity index (χ2v) is 19.6. The van der Waals surface area contributed by atoms with E-state index in [1.54, 1.807) is 0 Å². The number of aliphatic hydroxyl groups excluding tert-OH is 2. The largest absolute Gasteiger partial charge is 0.466 e. The zero-order valence-electron chi connectivity index (χ0n) is 43.0. The molecule has 2 atom stereocenters. The van der Waals surface area contributed by atoms with Crippen LogP contribution in [-0.2, 0) is 14.3 Å². The first-order valence-electron chi connectivity index (χ1n) is 28.6. The Bertz CT molecular complexity index is 997. The van der Waals surface area contributed by atoms with Gasteiger partial charge in [0.15, 0.2) is 0 Å². The average molecular weight is 903 g/mol. The summed E-state index contributed by atoms with van der Waals surface area (Å²) in [5, 5.41) is 23.2. The second kappa shape index (κ2) is 54.0. The van der Waals surface area contributed by atoms with Gasteiger partial charge in [0.05, 0.1) is 25.4 Å². The molecule has 3 N–H and O–H groups in total. The molecular weight excluding hydrogens is 791 g/mol. The molecule has 0 fully saturated rings. The third-order valence-corrected chi connectivity index (χ3v) is 13.2. The van der Waals surface area contributed by atoms with Gasteiger partial charge in [0.2, 0.25) is 5.91 Å². The first-order chi connectivity index (χ1) is 31.5. The molecule has 0 rings (SSSR count). The quantitative estimate of drug-likeness (QED) is 0.0321. The van der Waals surface area contributed by atoms with Crippen LogP contribution in [0.1, 0.15) is 309 Å². The molecule has 2 unspecified atom stereocenters. The smallest absolute Gasteiger partial charge is 0.305 e. The van der Waals surface area contributed by atoms with Gasteiger partial charge in [0, 0.05) is 12.8 Å². The van der Waals surface area contributed by atoms with Gasteiger partial charge < -0.3 is 20.3 Å². The van der Waals surface area contributed by atoms with E-state index in [0.717, 1.165) is 51.4 Å². The molecule has 0 saturated carbocycles. The molecule has 1 amide bonds. The predicted molar refractivity (Wildman–Crippen MR) is 278 cm³/mol. The van der Waals surface area contributed by atoms with Crippen molar-refractivity contribution in [3.8, 4) is 0 Å². The minimum Gasteiger partial charge on any atom is -0.466 e. The second-order valence-electron chi connectivity index (χ2n) is 19.6. The fourth-order valence-electron chi connectivity index (χ4n) is 8.85. The molecule has 0 radical (unpaired) electrons. The molecule has 0 bridgehead atoms. The first kappa shape index (κ1) is 62.3. The van der Waals surface area contributed by atoms with Gasteiger partial charge >= 0.3 is 5.97 Å². The number of hydrogen-bond acceptors (Lipinski definition) is 5. The van der Waals surface area contributed by atoms with Gasteiger partial charge in [-0.1, -0.05) is 269 Å². The molecule has 378 valence electrons. The van der Waals surface area contributed by atoms with Crippen molar-refractivity contribution >= 4 is 11.9 Å². The van der Waals surface area contributed by atoms with Crippen molar-refractivity contribution < 1.29 is 24.5 Å². The maximum absolute atomic E-state index is 12.5. The van der Waals surface area contributed by atoms with Crippen molar-refractivity contribution in [3.05, 3.63) is 24.3 Å². The number of allylic oxidation sites excluding steroid dienone is 4. The summed E-state index contributed by atoms with van der Waals surface area (Å²) in [7, 11) is 0. The molecule has 0 aromatic rings. The lowest BCUT2D eigenvalue weighted by atomic mass is 10.0. The molecule has 0 spiro atoms. The number of esters is 1. The zero-order chi connectivity index (χ0) is 46.5. The van der Waals surface area contributed by atoms with E-state index in [2.05, 4.69) is 43.5 Å². The van der Waals surface area contributed by atoms with Crippen LogP contribution in [0.4, 0.5) is 0 Å². The lowest BCUT2D eigenvalue weighted by molar-refractivity contribution is -0.143. The van der Waals surface area contributed by atoms with Crippen LogP contribution in [0, 0.1) is 0 Å². The van der Waals surface area contributed by atoms with Crippen molar-refractivity contribution in [2.24, 2.45) is 0 Å². The molecule has 0 heterocycles. The Hall–Kier alpha value is -1.66. The fraction of sp³-hybridized carbons (Fsp3) is 0.897. The summed E-state index contributed by atoms with van der Waals surface area (Å²) in [5.41, 5.74) is 0. The molecular formula is C58H111NO5. The van der Waals surface area contributed by atoms with Gasteiger partial charge in [-0.25, -0.2) is 0 Å². The van der Waals surface area contributed by atoms with Gasteiger partial charge in [-0.2, -0.15) is 0 Å². The van der Waals surface area contributed by atoms with Gasteiger partial charge in [-0.05, 0) is 51.4 Å². The predicted octanol–water partition coefficient (Wildman–Crippen LogP) is 17.5. The number of nitrogens with one attached hydrogen (secondary N) is 1. The van der Waals surface area contributed by atoms with Crippen LogP contribution >= 0.6 is 0 Å². The number of hydrogen-bond donors (Lipinski definition) is 3. The zero-order valence-corrected chi connectivity index (χ0v) is 43.0. The van der Waals surface area contributed by atoms with Gasteiger partial charge in [0.25, 0.3) is 0 Å². The summed E-state index contributed by atoms with van der Waals surface area (Å²) in [6, 6.07) is -0.541. The third kappa shape index (κ3) is 49.8. The summed E-state index contributed by atoms with van der Waals surface area (Å²) in [5.74, 6) is -0.0389. The van der Waals surface area contributed by atoms with E-state index < -0.39 is 12.1 Å². The van der Waals surface area contributed by atoms with Crippen LogP contribution in [-0.4, -0.2) is 47.4 Å². The van der Waals surface area contributed by atoms with E-state index in [-0.39, 0.29) is 18.5 Å². The van der Waals surface area contributed by atoms with E-state index >= 15 is 0 Å². The lowest BCUT2D eigenvalue weighted by Crippen LogP contribution is -2.45. The molecule has 0 saturated heterocycles. The minimum atomic E-state index is -0.664. The highest BCUT2D eigenvalue weighted by Crippen LogP contribution is 2.17. The van der Waals surface area contributed by atoms with Crippen molar-refractivity contribution in [3.63, 3.8) is 0 Å². The maximum Gasteiger partial charge on any atom is 0.305 e. The van der Waals surface area contributed by atoms with Gasteiger partial charge in [-0.3, -0.25) is 9.59 Å². The van der Waals surface area contributed by atoms with E-state index in [0.29, 0.717) is 25.9 Å². The van der Waals surface area contributed by atoms with Crippen LogP contribution in [0.25, 0.3) is 0 Å². The summed E-state index contributed by atoms with van der Waals surface area (Å²) in [6.45, 7) is 4.89. The van der Waals surface area contributed by atoms with Crippen LogP contribution in [0.5, 0.6) is 0 Å². The van der Waals surface area contributed by atoms with Crippen molar-refractivity contribution in [2.45, 2.75) is 321 Å². The molecule has 6 heteroatoms. The number of aliphatic hydroxyl groups is 2. The minimum absolute atomic E-state index is 0.00330. The van der Waals surface area contributed by atoms with Crippen molar-refractivity contribution in [2.75, 3.05) is 13.2 Å². The summed E-state index contributed by atoms with van der Waals surface area (Å²) in [4.78, 5) is 24.5. The Labute approximate surface area is 399 Å². The standard InChI is InChI=1S/C58H111NO5/c1-3-5-7-9-11-13-15-26-30-34-38-42-46-50-56(61)55(54-60)59-57(62)51-47-43-39-35-31-28-24-22-20-18-17-19-21-23-25-29-33-37-41-45-49-53-64-58(63)52-48-44-40-36-32-27-16-14-12-10-8-6-4-2/h8,10,14,16,55-56,60-61H,3-7,9,11-13,15,17-54H2,1-2H3,(H,59,62)/b10-8-,16-14-. The van der Waals surface area contributed by atoms with Gasteiger partial charge in [0.1, 0.15) is 0 Å². The Kier molecular flexibility index (Phi) is 52.6. The average Bonchev–Trinajstić information content (AvgIpc) is 3.29. The van der Waals surface area contributed by atoms with Gasteiger partial charge in [-0.15, -0.1) is 0 Å². The van der Waals surface area contributed by atoms with Crippen molar-refractivity contribution in [1.29, 1.82) is 0 Å². The van der Waals surface area contributed by atoms with E-state index in [4.69, 9.17) is 4.74 Å². The van der Waals surface area contributed by atoms with Crippen molar-refractivity contribution in [1.82, 2.24) is 5.32 Å². The molecule has 0 aromatic heterocycles. The Balaban J connectivity index is 3.38. The van der Waals surface area contributed by atoms with Crippen LogP contribution in [0.3, 0.4) is 0 Å². The number of carbonyl (C=O) groups excluding carboxylic acids is 2. The third-order valence-electron chi connectivity index (χ3n) is 13.2. The number of unbranched alkanes of at least 4 members (excludes halogenated alkanes) is 38. The SMILES string of the molecule is CCC/C=C\C/C=C\CCCCCCCC(=O)OCCCCCCCCCCCCCCCCCCCCCCCC(=O)NC(CO)C(O)CCCCCCCCCCCCCCC. The Morgan fingerprint density at radius 2 is 0.812 bits per heavy atom. The molecule has 0 aliphatic rings. The Morgan fingerprint density at radius 1 is 0.438 bits per heavy atom. The van der Waals surface area contributed by atoms with Crippen LogP contribution in [0.2, 0.25) is 0 Å². The number of carbonyl (C=O) groups is 2. The fourth-order valence-corrected chi connectivity index (χ4v) is 8.85.